The van der Waals surface area contributed by atoms with Crippen LogP contribution in [0.5, 0.6) is 5.75 Å². The van der Waals surface area contributed by atoms with Crippen molar-refractivity contribution in [1.29, 1.82) is 0 Å². The molecule has 3 aromatic rings. The highest BCUT2D eigenvalue weighted by Gasteiger charge is 2.52. The maximum atomic E-state index is 10.6. The molecule has 1 N–H and O–H groups in total. The Morgan fingerprint density at radius 1 is 0.696 bits per heavy atom. The molecule has 3 rings (SSSR count). The van der Waals surface area contributed by atoms with Crippen molar-refractivity contribution in [2.24, 2.45) is 11.8 Å². The lowest BCUT2D eigenvalue weighted by Crippen LogP contribution is -2.68. The van der Waals surface area contributed by atoms with Gasteiger partial charge in [0, 0.05) is 25.0 Å². The molecule has 0 aliphatic carbocycles. The SMILES string of the molecule is COc1ccc(CO[C@@H](C[C@H](O[Si](c2ccccc2)(c2ccccc2)C(C)(C)C)[C@H](C)CO)[C@@H](C)CO[Si](C)(C)C(C)(C)C)cc1. The lowest BCUT2D eigenvalue weighted by molar-refractivity contribution is -0.0456. The second-order valence-electron chi connectivity index (χ2n) is 15.5. The van der Waals surface area contributed by atoms with Gasteiger partial charge in [0.15, 0.2) is 8.32 Å². The van der Waals surface area contributed by atoms with E-state index in [2.05, 4.69) is 141 Å². The standard InChI is InChI=1S/C39H60O5Si2/c1-30(27-40)37(44-46(39(6,7)8,34-18-14-12-15-19-34)35-20-16-13-17-21-35)26-36(31(2)28-43-45(10,11)38(3,4)5)42-29-32-22-24-33(41-9)25-23-32/h12-25,30-31,36-37,40H,26-29H2,1-11H3/t30-,31+,36+,37+/m1/s1. The van der Waals surface area contributed by atoms with E-state index in [4.69, 9.17) is 18.3 Å². The molecule has 0 unspecified atom stereocenters. The molecule has 0 saturated carbocycles. The summed E-state index contributed by atoms with van der Waals surface area (Å²) in [5.41, 5.74) is 1.09. The van der Waals surface area contributed by atoms with Gasteiger partial charge < -0.3 is 23.4 Å². The Morgan fingerprint density at radius 2 is 1.22 bits per heavy atom. The predicted molar refractivity (Wildman–Crippen MR) is 197 cm³/mol. The molecule has 0 saturated heterocycles. The average molecular weight is 665 g/mol. The molecule has 0 fully saturated rings. The van der Waals surface area contributed by atoms with Gasteiger partial charge in [-0.2, -0.15) is 0 Å². The number of benzene rings is 3. The van der Waals surface area contributed by atoms with E-state index in [0.29, 0.717) is 19.6 Å². The molecule has 0 aliphatic heterocycles. The molecule has 0 spiro atoms. The van der Waals surface area contributed by atoms with Crippen LogP contribution in [0.1, 0.15) is 67.4 Å². The molecule has 0 heterocycles. The lowest BCUT2D eigenvalue weighted by Gasteiger charge is -2.47. The first-order valence-electron chi connectivity index (χ1n) is 16.8. The van der Waals surface area contributed by atoms with E-state index < -0.39 is 16.6 Å². The maximum absolute atomic E-state index is 10.6. The Kier molecular flexibility index (Phi) is 13.5. The summed E-state index contributed by atoms with van der Waals surface area (Å²) in [6.45, 7) is 23.8. The van der Waals surface area contributed by atoms with Crippen LogP contribution < -0.4 is 15.1 Å². The minimum absolute atomic E-state index is 0.0307. The largest absolute Gasteiger partial charge is 0.497 e. The molecule has 7 heteroatoms. The molecule has 254 valence electrons. The number of hydrogen-bond donors (Lipinski definition) is 1. The van der Waals surface area contributed by atoms with E-state index in [1.807, 2.05) is 12.1 Å². The molecule has 0 bridgehead atoms. The second-order valence-corrected chi connectivity index (χ2v) is 24.5. The van der Waals surface area contributed by atoms with Crippen LogP contribution in [0.25, 0.3) is 0 Å². The van der Waals surface area contributed by atoms with E-state index >= 15 is 0 Å². The van der Waals surface area contributed by atoms with Crippen LogP contribution in [0.3, 0.4) is 0 Å². The minimum atomic E-state index is -2.87. The monoisotopic (exact) mass is 664 g/mol. The smallest absolute Gasteiger partial charge is 0.261 e. The van der Waals surface area contributed by atoms with E-state index in [0.717, 1.165) is 11.3 Å². The minimum Gasteiger partial charge on any atom is -0.497 e. The zero-order chi connectivity index (χ0) is 34.2. The van der Waals surface area contributed by atoms with Gasteiger partial charge in [-0.1, -0.05) is 128 Å². The fourth-order valence-electron chi connectivity index (χ4n) is 5.71. The topological polar surface area (TPSA) is 57.2 Å². The molecular weight excluding hydrogens is 605 g/mol. The highest BCUT2D eigenvalue weighted by atomic mass is 28.4. The lowest BCUT2D eigenvalue weighted by atomic mass is 9.94. The third-order valence-corrected chi connectivity index (χ3v) is 19.5. The summed E-state index contributed by atoms with van der Waals surface area (Å²) in [7, 11) is -3.15. The van der Waals surface area contributed by atoms with Gasteiger partial charge in [-0.15, -0.1) is 0 Å². The number of aliphatic hydroxyl groups is 1. The molecule has 46 heavy (non-hydrogen) atoms. The van der Waals surface area contributed by atoms with Crippen LogP contribution in [0.2, 0.25) is 23.2 Å². The van der Waals surface area contributed by atoms with Gasteiger partial charge in [0.25, 0.3) is 8.32 Å². The number of rotatable bonds is 16. The van der Waals surface area contributed by atoms with Crippen molar-refractivity contribution in [3.05, 3.63) is 90.5 Å². The Balaban J connectivity index is 2.04. The van der Waals surface area contributed by atoms with Crippen molar-refractivity contribution in [2.75, 3.05) is 20.3 Å². The zero-order valence-electron chi connectivity index (χ0n) is 30.3. The van der Waals surface area contributed by atoms with Gasteiger partial charge >= 0.3 is 0 Å². The molecule has 4 atom stereocenters. The normalized spacial score (nSPS) is 15.7. The van der Waals surface area contributed by atoms with Gasteiger partial charge in [-0.25, -0.2) is 0 Å². The van der Waals surface area contributed by atoms with Gasteiger partial charge in [0.1, 0.15) is 5.75 Å². The Morgan fingerprint density at radius 3 is 1.65 bits per heavy atom. The maximum Gasteiger partial charge on any atom is 0.261 e. The highest BCUT2D eigenvalue weighted by Crippen LogP contribution is 2.40. The molecule has 0 aliphatic rings. The van der Waals surface area contributed by atoms with Crippen molar-refractivity contribution in [3.63, 3.8) is 0 Å². The van der Waals surface area contributed by atoms with Gasteiger partial charge in [-0.05, 0) is 57.7 Å². The summed E-state index contributed by atoms with van der Waals surface area (Å²) in [5, 5.41) is 13.0. The quantitative estimate of drug-likeness (QED) is 0.157. The van der Waals surface area contributed by atoms with Gasteiger partial charge in [0.05, 0.1) is 25.9 Å². The fraction of sp³-hybridized carbons (Fsp3) is 0.538. The molecule has 0 aromatic heterocycles. The van der Waals surface area contributed by atoms with Crippen molar-refractivity contribution < 1.29 is 23.4 Å². The van der Waals surface area contributed by atoms with Gasteiger partial charge in [0.2, 0.25) is 0 Å². The van der Waals surface area contributed by atoms with Crippen LogP contribution in [0.15, 0.2) is 84.9 Å². The zero-order valence-corrected chi connectivity index (χ0v) is 32.3. The first-order valence-corrected chi connectivity index (χ1v) is 21.7. The third kappa shape index (κ3) is 9.42. The van der Waals surface area contributed by atoms with Crippen LogP contribution in [0, 0.1) is 11.8 Å². The fourth-order valence-corrected chi connectivity index (χ4v) is 11.6. The van der Waals surface area contributed by atoms with Crippen LogP contribution in [0.4, 0.5) is 0 Å². The molecular formula is C39H60O5Si2. The van der Waals surface area contributed by atoms with Crippen molar-refractivity contribution in [2.45, 2.75) is 104 Å². The second kappa shape index (κ2) is 16.2. The van der Waals surface area contributed by atoms with E-state index in [9.17, 15) is 5.11 Å². The summed E-state index contributed by atoms with van der Waals surface area (Å²) in [6, 6.07) is 29.5. The third-order valence-electron chi connectivity index (χ3n) is 9.90. The van der Waals surface area contributed by atoms with Crippen LogP contribution >= 0.6 is 0 Å². The van der Waals surface area contributed by atoms with E-state index in [1.54, 1.807) is 7.11 Å². The first kappa shape index (κ1) is 38.2. The molecule has 0 amide bonds. The Hall–Kier alpha value is -2.27. The van der Waals surface area contributed by atoms with Crippen molar-refractivity contribution >= 4 is 27.0 Å². The molecule has 0 radical (unpaired) electrons. The number of aliphatic hydroxyl groups excluding tert-OH is 1. The summed E-state index contributed by atoms with van der Waals surface area (Å²) in [6.07, 6.45) is 0.251. The van der Waals surface area contributed by atoms with E-state index in [1.165, 1.54) is 10.4 Å². The highest BCUT2D eigenvalue weighted by molar-refractivity contribution is 6.99. The first-order chi connectivity index (χ1) is 21.6. The predicted octanol–water partition coefficient (Wildman–Crippen LogP) is 8.20. The van der Waals surface area contributed by atoms with Crippen molar-refractivity contribution in [3.8, 4) is 5.75 Å². The summed E-state index contributed by atoms with van der Waals surface area (Å²) in [5.74, 6) is 0.845. The average Bonchev–Trinajstić information content (AvgIpc) is 3.03. The number of ether oxygens (including phenoxy) is 2. The number of methoxy groups -OCH3 is 1. The van der Waals surface area contributed by atoms with Crippen LogP contribution in [-0.4, -0.2) is 54.3 Å². The van der Waals surface area contributed by atoms with Gasteiger partial charge in [-0.3, -0.25) is 0 Å². The van der Waals surface area contributed by atoms with Crippen molar-refractivity contribution in [1.82, 2.24) is 0 Å². The summed E-state index contributed by atoms with van der Waals surface area (Å²) < 4.78 is 26.6. The Bertz CT molecular complexity index is 1260. The molecule has 5 nitrogen and oxygen atoms in total. The molecule has 3 aromatic carbocycles. The summed E-state index contributed by atoms with van der Waals surface area (Å²) >= 11 is 0. The van der Waals surface area contributed by atoms with Crippen LogP contribution in [-0.2, 0) is 20.2 Å². The Labute approximate surface area is 281 Å². The number of hydrogen-bond acceptors (Lipinski definition) is 5. The summed E-state index contributed by atoms with van der Waals surface area (Å²) in [4.78, 5) is 0. The van der Waals surface area contributed by atoms with E-state index in [-0.39, 0.29) is 40.7 Å².